The Morgan fingerprint density at radius 1 is 1.50 bits per heavy atom. The number of carbonyl (C=O) groups excluding carboxylic acids is 1. The van der Waals surface area contributed by atoms with E-state index in [9.17, 15) is 9.59 Å². The van der Waals surface area contributed by atoms with Gasteiger partial charge in [-0.3, -0.25) is 9.36 Å². The summed E-state index contributed by atoms with van der Waals surface area (Å²) >= 11 is 0. The molecule has 0 saturated carbocycles. The van der Waals surface area contributed by atoms with Gasteiger partial charge in [-0.1, -0.05) is 0 Å². The number of nitrogens with one attached hydrogen (secondary N) is 1. The monoisotopic (exact) mass is 191 g/mol. The normalized spacial score (nSPS) is 10.6. The van der Waals surface area contributed by atoms with Crippen molar-refractivity contribution < 1.29 is 4.79 Å². The van der Waals surface area contributed by atoms with E-state index in [-0.39, 0.29) is 5.69 Å². The van der Waals surface area contributed by atoms with Gasteiger partial charge in [-0.05, 0) is 18.2 Å². The summed E-state index contributed by atoms with van der Waals surface area (Å²) < 4.78 is 1.47. The van der Waals surface area contributed by atoms with E-state index in [4.69, 9.17) is 5.73 Å². The number of fused-ring (bicyclic) bond motifs is 1. The molecule has 1 aromatic carbocycles. The van der Waals surface area contributed by atoms with Crippen LogP contribution in [0.25, 0.3) is 11.0 Å². The van der Waals surface area contributed by atoms with E-state index in [0.29, 0.717) is 11.1 Å². The van der Waals surface area contributed by atoms with Gasteiger partial charge in [0.05, 0.1) is 11.0 Å². The Morgan fingerprint density at radius 3 is 2.86 bits per heavy atom. The lowest BCUT2D eigenvalue weighted by atomic mass is 10.2. The summed E-state index contributed by atoms with van der Waals surface area (Å²) in [7, 11) is 1.66. The molecule has 1 aromatic heterocycles. The van der Waals surface area contributed by atoms with E-state index in [1.807, 2.05) is 0 Å². The quantitative estimate of drug-likeness (QED) is 0.663. The molecule has 0 bridgehead atoms. The maximum Gasteiger partial charge on any atom is 0.326 e. The first kappa shape index (κ1) is 8.55. The van der Waals surface area contributed by atoms with Crippen molar-refractivity contribution >= 4 is 16.9 Å². The van der Waals surface area contributed by atoms with E-state index in [2.05, 4.69) is 4.98 Å². The molecule has 14 heavy (non-hydrogen) atoms. The number of primary amides is 1. The summed E-state index contributed by atoms with van der Waals surface area (Å²) in [5.41, 5.74) is 6.66. The zero-order valence-electron chi connectivity index (χ0n) is 7.57. The third-order valence-corrected chi connectivity index (χ3v) is 2.19. The first-order valence-electron chi connectivity index (χ1n) is 4.08. The Kier molecular flexibility index (Phi) is 1.67. The Morgan fingerprint density at radius 2 is 2.21 bits per heavy atom. The van der Waals surface area contributed by atoms with Crippen molar-refractivity contribution in [3.63, 3.8) is 0 Å². The van der Waals surface area contributed by atoms with Crippen LogP contribution in [0.3, 0.4) is 0 Å². The molecule has 0 saturated heterocycles. The van der Waals surface area contributed by atoms with Crippen LogP contribution in [0.15, 0.2) is 23.0 Å². The molecule has 2 aromatic rings. The van der Waals surface area contributed by atoms with Crippen molar-refractivity contribution in [3.8, 4) is 0 Å². The fourth-order valence-electron chi connectivity index (χ4n) is 1.39. The average Bonchev–Trinajstić information content (AvgIpc) is 2.42. The number of aryl methyl sites for hydroxylation is 1. The van der Waals surface area contributed by atoms with Crippen LogP contribution in [0.2, 0.25) is 0 Å². The smallest absolute Gasteiger partial charge is 0.326 e. The van der Waals surface area contributed by atoms with Gasteiger partial charge in [0.25, 0.3) is 0 Å². The first-order valence-corrected chi connectivity index (χ1v) is 4.08. The molecular formula is C9H9N3O2. The molecule has 2 rings (SSSR count). The standard InChI is InChI=1S/C9H9N3O2/c1-12-7-3-2-5(8(10)13)4-6(7)11-9(12)14/h2-4H,1H3,(H2,10,13)(H,11,14). The zero-order chi connectivity index (χ0) is 10.3. The highest BCUT2D eigenvalue weighted by Crippen LogP contribution is 2.11. The van der Waals surface area contributed by atoms with E-state index in [0.717, 1.165) is 5.52 Å². The molecule has 0 spiro atoms. The highest BCUT2D eigenvalue weighted by atomic mass is 16.1. The molecule has 1 heterocycles. The molecule has 5 nitrogen and oxygen atoms in total. The summed E-state index contributed by atoms with van der Waals surface area (Å²) in [4.78, 5) is 24.7. The minimum Gasteiger partial charge on any atom is -0.366 e. The van der Waals surface area contributed by atoms with Crippen molar-refractivity contribution in [1.82, 2.24) is 9.55 Å². The molecule has 0 radical (unpaired) electrons. The van der Waals surface area contributed by atoms with Gasteiger partial charge in [-0.15, -0.1) is 0 Å². The molecule has 72 valence electrons. The highest BCUT2D eigenvalue weighted by molar-refractivity contribution is 5.96. The second-order valence-corrected chi connectivity index (χ2v) is 3.09. The highest BCUT2D eigenvalue weighted by Gasteiger charge is 2.05. The Bertz CT molecular complexity index is 565. The van der Waals surface area contributed by atoms with Crippen LogP contribution in [0.1, 0.15) is 10.4 Å². The molecular weight excluding hydrogens is 182 g/mol. The maximum absolute atomic E-state index is 11.2. The SMILES string of the molecule is Cn1c(=O)[nH]c2cc(C(N)=O)ccc21. The third kappa shape index (κ3) is 1.10. The van der Waals surface area contributed by atoms with Crippen LogP contribution < -0.4 is 11.4 Å². The minimum atomic E-state index is -0.503. The molecule has 5 heteroatoms. The molecule has 0 atom stereocenters. The number of amides is 1. The fourth-order valence-corrected chi connectivity index (χ4v) is 1.39. The van der Waals surface area contributed by atoms with Gasteiger partial charge in [0, 0.05) is 12.6 Å². The van der Waals surface area contributed by atoms with E-state index >= 15 is 0 Å². The summed E-state index contributed by atoms with van der Waals surface area (Å²) in [6.45, 7) is 0. The Balaban J connectivity index is 2.80. The van der Waals surface area contributed by atoms with Crippen LogP contribution in [0.4, 0.5) is 0 Å². The van der Waals surface area contributed by atoms with Gasteiger partial charge in [0.2, 0.25) is 5.91 Å². The number of H-pyrrole nitrogens is 1. The number of imidazole rings is 1. The number of rotatable bonds is 1. The van der Waals surface area contributed by atoms with Gasteiger partial charge in [0.15, 0.2) is 0 Å². The Hall–Kier alpha value is -2.04. The van der Waals surface area contributed by atoms with E-state index in [1.54, 1.807) is 25.2 Å². The van der Waals surface area contributed by atoms with Gasteiger partial charge >= 0.3 is 5.69 Å². The second kappa shape index (κ2) is 2.73. The van der Waals surface area contributed by atoms with Gasteiger partial charge < -0.3 is 10.7 Å². The van der Waals surface area contributed by atoms with Gasteiger partial charge in [-0.25, -0.2) is 4.79 Å². The van der Waals surface area contributed by atoms with Crippen molar-refractivity contribution in [2.75, 3.05) is 0 Å². The summed E-state index contributed by atoms with van der Waals surface area (Å²) in [5, 5.41) is 0. The van der Waals surface area contributed by atoms with Crippen LogP contribution in [-0.2, 0) is 7.05 Å². The molecule has 0 fully saturated rings. The predicted molar refractivity (Wildman–Crippen MR) is 52.1 cm³/mol. The second-order valence-electron chi connectivity index (χ2n) is 3.09. The number of nitrogens with two attached hydrogens (primary N) is 1. The van der Waals surface area contributed by atoms with Crippen molar-refractivity contribution in [3.05, 3.63) is 34.2 Å². The third-order valence-electron chi connectivity index (χ3n) is 2.19. The number of hydrogen-bond acceptors (Lipinski definition) is 2. The number of carbonyl (C=O) groups is 1. The van der Waals surface area contributed by atoms with Crippen molar-refractivity contribution in [1.29, 1.82) is 0 Å². The molecule has 0 aliphatic carbocycles. The number of aromatic nitrogens is 2. The average molecular weight is 191 g/mol. The predicted octanol–water partition coefficient (Wildman–Crippen LogP) is -0.0345. The van der Waals surface area contributed by atoms with Crippen LogP contribution >= 0.6 is 0 Å². The fraction of sp³-hybridized carbons (Fsp3) is 0.111. The van der Waals surface area contributed by atoms with Crippen LogP contribution in [0, 0.1) is 0 Å². The number of hydrogen-bond donors (Lipinski definition) is 2. The van der Waals surface area contributed by atoms with Crippen molar-refractivity contribution in [2.24, 2.45) is 12.8 Å². The number of aromatic amines is 1. The maximum atomic E-state index is 11.2. The molecule has 0 aliphatic rings. The lowest BCUT2D eigenvalue weighted by Gasteiger charge is -1.96. The van der Waals surface area contributed by atoms with E-state index in [1.165, 1.54) is 4.57 Å². The molecule has 1 amide bonds. The van der Waals surface area contributed by atoms with Crippen LogP contribution in [0.5, 0.6) is 0 Å². The zero-order valence-corrected chi connectivity index (χ0v) is 7.57. The molecule has 0 unspecified atom stereocenters. The topological polar surface area (TPSA) is 80.9 Å². The van der Waals surface area contributed by atoms with Crippen LogP contribution in [-0.4, -0.2) is 15.5 Å². The first-order chi connectivity index (χ1) is 6.59. The van der Waals surface area contributed by atoms with E-state index < -0.39 is 5.91 Å². The lowest BCUT2D eigenvalue weighted by Crippen LogP contribution is -2.11. The Labute approximate surface area is 79.1 Å². The molecule has 0 aliphatic heterocycles. The number of nitrogens with zero attached hydrogens (tertiary/aromatic N) is 1. The largest absolute Gasteiger partial charge is 0.366 e. The van der Waals surface area contributed by atoms with Crippen molar-refractivity contribution in [2.45, 2.75) is 0 Å². The minimum absolute atomic E-state index is 0.207. The van der Waals surface area contributed by atoms with Gasteiger partial charge in [0.1, 0.15) is 0 Å². The molecule has 3 N–H and O–H groups in total. The van der Waals surface area contributed by atoms with Gasteiger partial charge in [-0.2, -0.15) is 0 Å². The number of benzene rings is 1. The summed E-state index contributed by atoms with van der Waals surface area (Å²) in [6.07, 6.45) is 0. The lowest BCUT2D eigenvalue weighted by molar-refractivity contribution is 0.100. The summed E-state index contributed by atoms with van der Waals surface area (Å²) in [6, 6.07) is 4.85. The summed E-state index contributed by atoms with van der Waals surface area (Å²) in [5.74, 6) is -0.503.